The second-order valence-corrected chi connectivity index (χ2v) is 9.93. The summed E-state index contributed by atoms with van der Waals surface area (Å²) >= 11 is 1.62. The number of thiophene rings is 1. The average molecular weight is 489 g/mol. The number of fused-ring (bicyclic) bond motifs is 2. The number of pyridine rings is 1. The molecule has 4 aromatic heterocycles. The van der Waals surface area contributed by atoms with Crippen molar-refractivity contribution < 1.29 is 9.13 Å². The summed E-state index contributed by atoms with van der Waals surface area (Å²) in [7, 11) is 0. The number of hydrogen-bond donors (Lipinski definition) is 1. The van der Waals surface area contributed by atoms with Crippen LogP contribution in [0.1, 0.15) is 25.1 Å². The smallest absolute Gasteiger partial charge is 0.162 e. The molecule has 0 spiro atoms. The normalized spacial score (nSPS) is 13.5. The van der Waals surface area contributed by atoms with Gasteiger partial charge >= 0.3 is 0 Å². The predicted molar refractivity (Wildman–Crippen MR) is 136 cm³/mol. The molecular formula is C26H25FN6OS. The quantitative estimate of drug-likeness (QED) is 0.361. The molecule has 0 bridgehead atoms. The fraction of sp³-hybridized carbons (Fsp3) is 0.269. The van der Waals surface area contributed by atoms with Crippen LogP contribution in [0.25, 0.3) is 38.4 Å². The summed E-state index contributed by atoms with van der Waals surface area (Å²) in [6.07, 6.45) is 3.68. The van der Waals surface area contributed by atoms with Crippen LogP contribution in [0.15, 0.2) is 48.1 Å². The van der Waals surface area contributed by atoms with Crippen molar-refractivity contribution in [1.29, 1.82) is 0 Å². The van der Waals surface area contributed by atoms with Gasteiger partial charge in [0.1, 0.15) is 23.0 Å². The third-order valence-electron chi connectivity index (χ3n) is 6.00. The first-order chi connectivity index (χ1) is 17.0. The van der Waals surface area contributed by atoms with Gasteiger partial charge in [-0.1, -0.05) is 0 Å². The summed E-state index contributed by atoms with van der Waals surface area (Å²) in [6, 6.07) is 8.84. The number of aryl methyl sites for hydroxylation is 1. The Balaban J connectivity index is 1.68. The van der Waals surface area contributed by atoms with Crippen molar-refractivity contribution >= 4 is 21.4 Å². The molecule has 0 fully saturated rings. The Kier molecular flexibility index (Phi) is 5.38. The molecule has 35 heavy (non-hydrogen) atoms. The molecule has 5 aromatic rings. The van der Waals surface area contributed by atoms with Gasteiger partial charge in [-0.3, -0.25) is 4.68 Å². The Labute approximate surface area is 206 Å². The van der Waals surface area contributed by atoms with E-state index in [1.54, 1.807) is 17.4 Å². The Morgan fingerprint density at radius 1 is 1.20 bits per heavy atom. The molecule has 1 N–H and O–H groups in total. The Hall–Kier alpha value is -3.56. The molecule has 178 valence electrons. The van der Waals surface area contributed by atoms with E-state index >= 15 is 0 Å². The molecular weight excluding hydrogens is 463 g/mol. The summed E-state index contributed by atoms with van der Waals surface area (Å²) in [6.45, 7) is 8.32. The zero-order chi connectivity index (χ0) is 24.1. The lowest BCUT2D eigenvalue weighted by Gasteiger charge is -2.18. The maximum absolute atomic E-state index is 14.3. The number of nitrogens with one attached hydrogen (secondary N) is 1. The number of halogens is 1. The molecule has 0 amide bonds. The second kappa shape index (κ2) is 8.58. The van der Waals surface area contributed by atoms with Gasteiger partial charge < -0.3 is 10.1 Å². The Bertz CT molecular complexity index is 1530. The Morgan fingerprint density at radius 3 is 2.86 bits per heavy atom. The summed E-state index contributed by atoms with van der Waals surface area (Å²) in [5.41, 5.74) is 5.35. The highest BCUT2D eigenvalue weighted by molar-refractivity contribution is 7.18. The topological polar surface area (TPSA) is 69.8 Å². The van der Waals surface area contributed by atoms with Crippen LogP contribution in [-0.2, 0) is 13.1 Å². The fourth-order valence-corrected chi connectivity index (χ4v) is 5.46. The van der Waals surface area contributed by atoms with Crippen molar-refractivity contribution in [1.82, 2.24) is 29.9 Å². The fourth-order valence-electron chi connectivity index (χ4n) is 4.51. The summed E-state index contributed by atoms with van der Waals surface area (Å²) < 4.78 is 25.3. The van der Waals surface area contributed by atoms with Crippen molar-refractivity contribution in [3.63, 3.8) is 0 Å². The van der Waals surface area contributed by atoms with E-state index in [2.05, 4.69) is 22.5 Å². The maximum Gasteiger partial charge on any atom is 0.162 e. The minimum atomic E-state index is -0.339. The van der Waals surface area contributed by atoms with Crippen LogP contribution in [-0.4, -0.2) is 37.2 Å². The number of aromatic nitrogens is 5. The summed E-state index contributed by atoms with van der Waals surface area (Å²) in [4.78, 5) is 5.15. The monoisotopic (exact) mass is 488 g/mol. The standard InChI is InChI=1S/C26H25FN6OS/c1-15(2)34-22-10-17(27)4-5-19(22)23-24(21-11-18-13-28-7-8-32(18)31-21)30-26(20-6-9-35-25(20)23)33-14-16(3)12-29-33/h4-6,9-12,14-15,28H,7-8,13H2,1-3H3. The molecule has 6 rings (SSSR count). The van der Waals surface area contributed by atoms with Crippen LogP contribution in [0.2, 0.25) is 0 Å². The molecule has 1 aromatic carbocycles. The van der Waals surface area contributed by atoms with E-state index in [0.717, 1.165) is 69.3 Å². The predicted octanol–water partition coefficient (Wildman–Crippen LogP) is 5.35. The molecule has 0 radical (unpaired) electrons. The van der Waals surface area contributed by atoms with Crippen LogP contribution in [0.4, 0.5) is 4.39 Å². The highest BCUT2D eigenvalue weighted by Gasteiger charge is 2.25. The van der Waals surface area contributed by atoms with Crippen LogP contribution >= 0.6 is 11.3 Å². The van der Waals surface area contributed by atoms with E-state index in [4.69, 9.17) is 14.8 Å². The number of ether oxygens (including phenoxy) is 1. The lowest BCUT2D eigenvalue weighted by Crippen LogP contribution is -2.28. The minimum absolute atomic E-state index is 0.108. The van der Waals surface area contributed by atoms with Gasteiger partial charge in [-0.25, -0.2) is 14.1 Å². The average Bonchev–Trinajstić information content (AvgIpc) is 3.57. The molecule has 7 nitrogen and oxygen atoms in total. The van der Waals surface area contributed by atoms with Gasteiger partial charge in [-0.05, 0) is 56.0 Å². The molecule has 0 atom stereocenters. The van der Waals surface area contributed by atoms with Crippen LogP contribution < -0.4 is 10.1 Å². The maximum atomic E-state index is 14.3. The summed E-state index contributed by atoms with van der Waals surface area (Å²) in [5, 5.41) is 15.9. The van der Waals surface area contributed by atoms with E-state index in [-0.39, 0.29) is 11.9 Å². The SMILES string of the molecule is Cc1cnn(-c2nc(-c3cc4n(n3)CCNC4)c(-c3ccc(F)cc3OC(C)C)c3sccc23)c1. The molecule has 0 saturated heterocycles. The first-order valence-corrected chi connectivity index (χ1v) is 12.5. The third-order valence-corrected chi connectivity index (χ3v) is 6.94. The van der Waals surface area contributed by atoms with Gasteiger partial charge in [0.2, 0.25) is 0 Å². The lowest BCUT2D eigenvalue weighted by atomic mass is 9.99. The van der Waals surface area contributed by atoms with E-state index in [0.29, 0.717) is 5.75 Å². The zero-order valence-corrected chi connectivity index (χ0v) is 20.6. The number of benzene rings is 1. The van der Waals surface area contributed by atoms with Gasteiger partial charge in [0.15, 0.2) is 5.82 Å². The highest BCUT2D eigenvalue weighted by Crippen LogP contribution is 2.45. The largest absolute Gasteiger partial charge is 0.490 e. The first kappa shape index (κ1) is 21.9. The van der Waals surface area contributed by atoms with Gasteiger partial charge in [0, 0.05) is 46.6 Å². The lowest BCUT2D eigenvalue weighted by molar-refractivity contribution is 0.242. The van der Waals surface area contributed by atoms with Crippen LogP contribution in [0.3, 0.4) is 0 Å². The number of hydrogen-bond acceptors (Lipinski definition) is 6. The number of rotatable bonds is 5. The first-order valence-electron chi connectivity index (χ1n) is 11.6. The molecule has 9 heteroatoms. The van der Waals surface area contributed by atoms with Gasteiger partial charge in [-0.15, -0.1) is 11.3 Å². The third kappa shape index (κ3) is 3.90. The van der Waals surface area contributed by atoms with E-state index < -0.39 is 0 Å². The number of nitrogens with zero attached hydrogens (tertiary/aromatic N) is 5. The van der Waals surface area contributed by atoms with E-state index in [1.165, 1.54) is 12.1 Å². The van der Waals surface area contributed by atoms with Gasteiger partial charge in [0.25, 0.3) is 0 Å². The van der Waals surface area contributed by atoms with Crippen LogP contribution in [0.5, 0.6) is 5.75 Å². The van der Waals surface area contributed by atoms with Crippen LogP contribution in [0, 0.1) is 12.7 Å². The van der Waals surface area contributed by atoms with Gasteiger partial charge in [0.05, 0.1) is 24.5 Å². The van der Waals surface area contributed by atoms with Crippen molar-refractivity contribution in [2.75, 3.05) is 6.54 Å². The highest BCUT2D eigenvalue weighted by atomic mass is 32.1. The molecule has 0 unspecified atom stereocenters. The molecule has 0 saturated carbocycles. The van der Waals surface area contributed by atoms with Gasteiger partial charge in [-0.2, -0.15) is 10.2 Å². The van der Waals surface area contributed by atoms with Crippen molar-refractivity contribution in [2.45, 2.75) is 40.0 Å². The Morgan fingerprint density at radius 2 is 2.09 bits per heavy atom. The van der Waals surface area contributed by atoms with E-state index in [9.17, 15) is 4.39 Å². The molecule has 0 aliphatic carbocycles. The van der Waals surface area contributed by atoms with E-state index in [1.807, 2.05) is 47.9 Å². The molecule has 1 aliphatic rings. The zero-order valence-electron chi connectivity index (χ0n) is 19.7. The van der Waals surface area contributed by atoms with Crippen molar-refractivity contribution in [3.8, 4) is 34.1 Å². The molecule has 1 aliphatic heterocycles. The molecule has 5 heterocycles. The van der Waals surface area contributed by atoms with Crippen molar-refractivity contribution in [3.05, 3.63) is 65.2 Å². The second-order valence-electron chi connectivity index (χ2n) is 9.01. The van der Waals surface area contributed by atoms with Crippen molar-refractivity contribution in [2.24, 2.45) is 0 Å². The summed E-state index contributed by atoms with van der Waals surface area (Å²) in [5.74, 6) is 0.894. The minimum Gasteiger partial charge on any atom is -0.490 e.